The van der Waals surface area contributed by atoms with Crippen LogP contribution in [0.4, 0.5) is 0 Å². The molecule has 2 unspecified atom stereocenters. The van der Waals surface area contributed by atoms with Gasteiger partial charge in [-0.3, -0.25) is 14.3 Å². The average Bonchev–Trinajstić information content (AvgIpc) is 2.71. The summed E-state index contributed by atoms with van der Waals surface area (Å²) in [6, 6.07) is 19.9. The van der Waals surface area contributed by atoms with E-state index in [4.69, 9.17) is 5.11 Å². The molecular weight excluding hydrogens is 384 g/mol. The number of nitrogens with one attached hydrogen (secondary N) is 2. The van der Waals surface area contributed by atoms with Gasteiger partial charge in [0.15, 0.2) is 0 Å². The maximum atomic E-state index is 12.8. The number of benzene rings is 2. The minimum atomic E-state index is -0.803. The molecule has 5 nitrogen and oxygen atoms in total. The molecule has 0 saturated carbocycles. The van der Waals surface area contributed by atoms with Gasteiger partial charge in [-0.15, -0.1) is 0 Å². The van der Waals surface area contributed by atoms with Crippen LogP contribution in [-0.4, -0.2) is 29.1 Å². The summed E-state index contributed by atoms with van der Waals surface area (Å²) < 4.78 is 3.33. The summed E-state index contributed by atoms with van der Waals surface area (Å²) in [6.07, 6.45) is 2.84. The van der Waals surface area contributed by atoms with E-state index in [0.29, 0.717) is 19.3 Å². The first-order valence-corrected chi connectivity index (χ1v) is 11.0. The van der Waals surface area contributed by atoms with E-state index in [-0.39, 0.29) is 24.4 Å². The number of aryl methyl sites for hydroxylation is 1. The van der Waals surface area contributed by atoms with Gasteiger partial charge < -0.3 is 10.4 Å². The van der Waals surface area contributed by atoms with Crippen LogP contribution in [0, 0.1) is 0 Å². The number of rotatable bonds is 13. The molecule has 156 valence electrons. The second-order valence-electron chi connectivity index (χ2n) is 7.16. The van der Waals surface area contributed by atoms with Gasteiger partial charge >= 0.3 is 5.97 Å². The van der Waals surface area contributed by atoms with Crippen molar-refractivity contribution in [1.29, 1.82) is 0 Å². The molecule has 0 fully saturated rings. The summed E-state index contributed by atoms with van der Waals surface area (Å²) in [4.78, 5) is 23.5. The summed E-state index contributed by atoms with van der Waals surface area (Å²) in [7, 11) is 0. The quantitative estimate of drug-likeness (QED) is 0.429. The zero-order chi connectivity index (χ0) is 20.9. The Hall–Kier alpha value is -2.31. The predicted octanol–water partition coefficient (Wildman–Crippen LogP) is 4.19. The Morgan fingerprint density at radius 1 is 0.966 bits per heavy atom. The molecule has 2 rings (SSSR count). The summed E-state index contributed by atoms with van der Waals surface area (Å²) >= 11 is 1.54. The predicted molar refractivity (Wildman–Crippen MR) is 119 cm³/mol. The normalized spacial score (nSPS) is 12.9. The number of amides is 1. The van der Waals surface area contributed by atoms with Crippen molar-refractivity contribution in [3.63, 3.8) is 0 Å². The van der Waals surface area contributed by atoms with Crippen molar-refractivity contribution in [1.82, 2.24) is 10.0 Å². The van der Waals surface area contributed by atoms with Crippen LogP contribution in [0.1, 0.15) is 43.7 Å². The van der Waals surface area contributed by atoms with Crippen molar-refractivity contribution in [2.75, 3.05) is 0 Å². The number of carbonyl (C=O) groups is 2. The Labute approximate surface area is 177 Å². The molecule has 0 spiro atoms. The second kappa shape index (κ2) is 13.0. The maximum absolute atomic E-state index is 12.8. The first-order valence-electron chi connectivity index (χ1n) is 10.0. The molecule has 0 saturated heterocycles. The van der Waals surface area contributed by atoms with Gasteiger partial charge in [-0.05, 0) is 43.7 Å². The third kappa shape index (κ3) is 9.63. The first kappa shape index (κ1) is 23.0. The number of hydrogen-bond donors (Lipinski definition) is 3. The molecule has 0 bridgehead atoms. The van der Waals surface area contributed by atoms with E-state index in [2.05, 4.69) is 34.3 Å². The number of carboxylic acids is 1. The fourth-order valence-electron chi connectivity index (χ4n) is 2.97. The Bertz CT molecular complexity index is 740. The molecular formula is C23H30N2O3S. The monoisotopic (exact) mass is 414 g/mol. The van der Waals surface area contributed by atoms with Crippen LogP contribution in [0.25, 0.3) is 0 Å². The summed E-state index contributed by atoms with van der Waals surface area (Å²) in [6.45, 7) is 1.92. The molecule has 3 N–H and O–H groups in total. The van der Waals surface area contributed by atoms with E-state index in [0.717, 1.165) is 12.2 Å². The molecule has 0 heterocycles. The van der Waals surface area contributed by atoms with Gasteiger partial charge in [0.25, 0.3) is 0 Å². The highest BCUT2D eigenvalue weighted by molar-refractivity contribution is 7.96. The third-order valence-corrected chi connectivity index (χ3v) is 5.53. The zero-order valence-corrected chi connectivity index (χ0v) is 17.7. The average molecular weight is 415 g/mol. The topological polar surface area (TPSA) is 78.4 Å². The van der Waals surface area contributed by atoms with E-state index < -0.39 is 5.97 Å². The van der Waals surface area contributed by atoms with Crippen molar-refractivity contribution >= 4 is 23.8 Å². The van der Waals surface area contributed by atoms with Crippen LogP contribution in [0.15, 0.2) is 60.7 Å². The van der Waals surface area contributed by atoms with Crippen LogP contribution in [-0.2, 0) is 21.8 Å². The first-order chi connectivity index (χ1) is 14.0. The summed E-state index contributed by atoms with van der Waals surface area (Å²) in [5.74, 6) is -0.0584. The minimum Gasteiger partial charge on any atom is -0.481 e. The highest BCUT2D eigenvalue weighted by atomic mass is 32.2. The van der Waals surface area contributed by atoms with E-state index in [1.807, 2.05) is 43.3 Å². The smallest absolute Gasteiger partial charge is 0.303 e. The van der Waals surface area contributed by atoms with E-state index in [9.17, 15) is 9.59 Å². The molecule has 0 aromatic heterocycles. The SMILES string of the molecule is CC(CCCC(=O)O)NC(=O)C(CCc1ccccc1)NSCc1ccccc1. The second-order valence-corrected chi connectivity index (χ2v) is 7.98. The lowest BCUT2D eigenvalue weighted by atomic mass is 10.0. The van der Waals surface area contributed by atoms with Crippen molar-refractivity contribution in [2.45, 2.75) is 56.9 Å². The fourth-order valence-corrected chi connectivity index (χ4v) is 3.84. The van der Waals surface area contributed by atoms with Gasteiger partial charge in [0.2, 0.25) is 5.91 Å². The molecule has 0 aliphatic rings. The molecule has 0 radical (unpaired) electrons. The number of carboxylic acid groups (broad SMARTS) is 1. The summed E-state index contributed by atoms with van der Waals surface area (Å²) in [5.41, 5.74) is 2.41. The molecule has 1 amide bonds. The number of aliphatic carboxylic acids is 1. The van der Waals surface area contributed by atoms with Crippen LogP contribution in [0.3, 0.4) is 0 Å². The van der Waals surface area contributed by atoms with Crippen LogP contribution >= 0.6 is 11.9 Å². The Kier molecular flexibility index (Phi) is 10.3. The minimum absolute atomic E-state index is 0.0377. The van der Waals surface area contributed by atoms with Gasteiger partial charge in [0.05, 0.1) is 6.04 Å². The highest BCUT2D eigenvalue weighted by Crippen LogP contribution is 2.13. The van der Waals surface area contributed by atoms with E-state index >= 15 is 0 Å². The third-order valence-electron chi connectivity index (χ3n) is 4.60. The van der Waals surface area contributed by atoms with Crippen LogP contribution < -0.4 is 10.0 Å². The molecule has 29 heavy (non-hydrogen) atoms. The zero-order valence-electron chi connectivity index (χ0n) is 16.8. The lowest BCUT2D eigenvalue weighted by Crippen LogP contribution is -2.45. The molecule has 0 aliphatic heterocycles. The summed E-state index contributed by atoms with van der Waals surface area (Å²) in [5, 5.41) is 11.8. The van der Waals surface area contributed by atoms with E-state index in [1.165, 1.54) is 23.1 Å². The number of carbonyl (C=O) groups excluding carboxylic acids is 1. The van der Waals surface area contributed by atoms with Gasteiger partial charge in [-0.25, -0.2) is 0 Å². The van der Waals surface area contributed by atoms with Crippen LogP contribution in [0.2, 0.25) is 0 Å². The standard InChI is InChI=1S/C23H30N2O3S/c1-18(9-8-14-22(26)27)24-23(28)21(16-15-19-10-4-2-5-11-19)25-29-17-20-12-6-3-7-13-20/h2-7,10-13,18,21,25H,8-9,14-17H2,1H3,(H,24,28)(H,26,27). The Morgan fingerprint density at radius 3 is 2.21 bits per heavy atom. The molecule has 6 heteroatoms. The Morgan fingerprint density at radius 2 is 1.59 bits per heavy atom. The highest BCUT2D eigenvalue weighted by Gasteiger charge is 2.20. The van der Waals surface area contributed by atoms with Crippen molar-refractivity contribution < 1.29 is 14.7 Å². The Balaban J connectivity index is 1.87. The van der Waals surface area contributed by atoms with Crippen molar-refractivity contribution in [3.05, 3.63) is 71.8 Å². The molecule has 2 aromatic rings. The fraction of sp³-hybridized carbons (Fsp3) is 0.391. The van der Waals surface area contributed by atoms with Crippen LogP contribution in [0.5, 0.6) is 0 Å². The lowest BCUT2D eigenvalue weighted by Gasteiger charge is -2.21. The van der Waals surface area contributed by atoms with E-state index in [1.54, 1.807) is 0 Å². The lowest BCUT2D eigenvalue weighted by molar-refractivity contribution is -0.137. The van der Waals surface area contributed by atoms with Gasteiger partial charge in [0.1, 0.15) is 0 Å². The molecule has 2 atom stereocenters. The van der Waals surface area contributed by atoms with Gasteiger partial charge in [-0.2, -0.15) is 0 Å². The van der Waals surface area contributed by atoms with Gasteiger partial charge in [-0.1, -0.05) is 72.6 Å². The molecule has 2 aromatic carbocycles. The molecule has 0 aliphatic carbocycles. The number of hydrogen-bond acceptors (Lipinski definition) is 4. The van der Waals surface area contributed by atoms with Crippen molar-refractivity contribution in [3.8, 4) is 0 Å². The van der Waals surface area contributed by atoms with Gasteiger partial charge in [0, 0.05) is 18.2 Å². The van der Waals surface area contributed by atoms with Crippen molar-refractivity contribution in [2.24, 2.45) is 0 Å². The largest absolute Gasteiger partial charge is 0.481 e. The maximum Gasteiger partial charge on any atom is 0.303 e.